The molecular weight excluding hydrogens is 274 g/mol. The maximum atomic E-state index is 3.58. The van der Waals surface area contributed by atoms with E-state index in [1.165, 1.54) is 42.1 Å². The van der Waals surface area contributed by atoms with Gasteiger partial charge in [0.05, 0.1) is 0 Å². The summed E-state index contributed by atoms with van der Waals surface area (Å²) in [7, 11) is 0. The van der Waals surface area contributed by atoms with E-state index >= 15 is 0 Å². The lowest BCUT2D eigenvalue weighted by atomic mass is 10.00. The van der Waals surface area contributed by atoms with Crippen LogP contribution in [0.5, 0.6) is 0 Å². The number of nitrogens with one attached hydrogen (secondary N) is 1. The van der Waals surface area contributed by atoms with E-state index in [0.717, 1.165) is 6.54 Å². The quantitative estimate of drug-likeness (QED) is 0.661. The monoisotopic (exact) mass is 297 g/mol. The summed E-state index contributed by atoms with van der Waals surface area (Å²) < 4.78 is 1.17. The Bertz CT molecular complexity index is 312. The van der Waals surface area contributed by atoms with Crippen LogP contribution in [0.4, 0.5) is 0 Å². The van der Waals surface area contributed by atoms with Crippen LogP contribution in [0.1, 0.15) is 57.6 Å². The highest BCUT2D eigenvalue weighted by molar-refractivity contribution is 9.10. The number of halogens is 1. The molecule has 0 fully saturated rings. The Morgan fingerprint density at radius 2 is 2.00 bits per heavy atom. The first-order chi connectivity index (χ1) is 8.27. The van der Waals surface area contributed by atoms with Gasteiger partial charge in [-0.2, -0.15) is 0 Å². The van der Waals surface area contributed by atoms with Crippen molar-refractivity contribution in [2.45, 2.75) is 52.0 Å². The van der Waals surface area contributed by atoms with Crippen molar-refractivity contribution in [3.63, 3.8) is 0 Å². The highest BCUT2D eigenvalue weighted by Gasteiger charge is 2.09. The van der Waals surface area contributed by atoms with Crippen molar-refractivity contribution in [1.82, 2.24) is 5.32 Å². The minimum Gasteiger partial charge on any atom is -0.310 e. The van der Waals surface area contributed by atoms with Gasteiger partial charge in [0.25, 0.3) is 0 Å². The molecule has 0 radical (unpaired) electrons. The summed E-state index contributed by atoms with van der Waals surface area (Å²) in [6.45, 7) is 5.47. The van der Waals surface area contributed by atoms with E-state index in [2.05, 4.69) is 59.4 Å². The Morgan fingerprint density at radius 1 is 1.18 bits per heavy atom. The smallest absolute Gasteiger partial charge is 0.0320 e. The normalized spacial score (nSPS) is 12.6. The Balaban J connectivity index is 2.52. The van der Waals surface area contributed by atoms with E-state index in [9.17, 15) is 0 Å². The van der Waals surface area contributed by atoms with Crippen LogP contribution in [0.15, 0.2) is 28.7 Å². The average Bonchev–Trinajstić information content (AvgIpc) is 2.33. The summed E-state index contributed by atoms with van der Waals surface area (Å²) in [5.41, 5.74) is 1.40. The van der Waals surface area contributed by atoms with Gasteiger partial charge in [0, 0.05) is 10.5 Å². The predicted octanol–water partition coefficient (Wildman–Crippen LogP) is 5.07. The molecule has 0 saturated carbocycles. The molecule has 0 bridgehead atoms. The zero-order valence-corrected chi connectivity index (χ0v) is 12.6. The molecular formula is C15H24BrN. The maximum Gasteiger partial charge on any atom is 0.0320 e. The van der Waals surface area contributed by atoms with Crippen LogP contribution in [0, 0.1) is 0 Å². The van der Waals surface area contributed by atoms with Crippen molar-refractivity contribution in [3.05, 3.63) is 34.3 Å². The molecule has 1 aromatic carbocycles. The summed E-state index contributed by atoms with van der Waals surface area (Å²) in [6.07, 6.45) is 6.58. The molecule has 1 unspecified atom stereocenters. The van der Waals surface area contributed by atoms with Gasteiger partial charge in [-0.25, -0.2) is 0 Å². The van der Waals surface area contributed by atoms with E-state index in [-0.39, 0.29) is 0 Å². The fourth-order valence-corrected chi connectivity index (χ4v) is 2.55. The van der Waals surface area contributed by atoms with Crippen molar-refractivity contribution in [3.8, 4) is 0 Å². The van der Waals surface area contributed by atoms with Crippen LogP contribution < -0.4 is 5.32 Å². The third-order valence-electron chi connectivity index (χ3n) is 3.05. The summed E-state index contributed by atoms with van der Waals surface area (Å²) in [4.78, 5) is 0. The first-order valence-electron chi connectivity index (χ1n) is 6.76. The van der Waals surface area contributed by atoms with Gasteiger partial charge in [-0.15, -0.1) is 0 Å². The Kier molecular flexibility index (Phi) is 7.54. The van der Waals surface area contributed by atoms with E-state index in [1.807, 2.05) is 0 Å². The highest BCUT2D eigenvalue weighted by atomic mass is 79.9. The topological polar surface area (TPSA) is 12.0 Å². The standard InChI is InChI=1S/C15H24BrN/c1-3-5-6-7-11-15(17-4-2)13-9-8-10-14(16)12-13/h8-10,12,15,17H,3-7,11H2,1-2H3. The summed E-state index contributed by atoms with van der Waals surface area (Å²) >= 11 is 3.55. The molecule has 1 nitrogen and oxygen atoms in total. The zero-order chi connectivity index (χ0) is 12.5. The minimum atomic E-state index is 0.509. The molecule has 0 spiro atoms. The Hall–Kier alpha value is -0.340. The van der Waals surface area contributed by atoms with Crippen LogP contribution >= 0.6 is 15.9 Å². The fourth-order valence-electron chi connectivity index (χ4n) is 2.13. The maximum absolute atomic E-state index is 3.58. The third kappa shape index (κ3) is 5.69. The molecule has 0 amide bonds. The molecule has 0 heterocycles. The van der Waals surface area contributed by atoms with Crippen LogP contribution in [0.3, 0.4) is 0 Å². The van der Waals surface area contributed by atoms with Crippen molar-refractivity contribution >= 4 is 15.9 Å². The largest absolute Gasteiger partial charge is 0.310 e. The number of unbranched alkanes of at least 4 members (excludes halogenated alkanes) is 3. The second kappa shape index (κ2) is 8.71. The number of hydrogen-bond acceptors (Lipinski definition) is 1. The second-order valence-corrected chi connectivity index (χ2v) is 5.43. The van der Waals surface area contributed by atoms with Gasteiger partial charge in [0.1, 0.15) is 0 Å². The van der Waals surface area contributed by atoms with Crippen molar-refractivity contribution < 1.29 is 0 Å². The van der Waals surface area contributed by atoms with Gasteiger partial charge in [0.15, 0.2) is 0 Å². The van der Waals surface area contributed by atoms with Crippen LogP contribution in [0.25, 0.3) is 0 Å². The molecule has 1 N–H and O–H groups in total. The average molecular weight is 298 g/mol. The van der Waals surface area contributed by atoms with Crippen LogP contribution in [-0.2, 0) is 0 Å². The Labute approximate surface area is 114 Å². The highest BCUT2D eigenvalue weighted by Crippen LogP contribution is 2.23. The predicted molar refractivity (Wildman–Crippen MR) is 79.3 cm³/mol. The van der Waals surface area contributed by atoms with Crippen molar-refractivity contribution in [2.75, 3.05) is 6.54 Å². The third-order valence-corrected chi connectivity index (χ3v) is 3.54. The van der Waals surface area contributed by atoms with Gasteiger partial charge in [-0.1, -0.05) is 67.6 Å². The second-order valence-electron chi connectivity index (χ2n) is 4.51. The summed E-state index contributed by atoms with van der Waals surface area (Å²) in [5.74, 6) is 0. The van der Waals surface area contributed by atoms with E-state index < -0.39 is 0 Å². The lowest BCUT2D eigenvalue weighted by Gasteiger charge is -2.18. The zero-order valence-electron chi connectivity index (χ0n) is 11.0. The van der Waals surface area contributed by atoms with Gasteiger partial charge < -0.3 is 5.32 Å². The SMILES string of the molecule is CCCCCCC(NCC)c1cccc(Br)c1. The van der Waals surface area contributed by atoms with Crippen LogP contribution in [0.2, 0.25) is 0 Å². The summed E-state index contributed by atoms with van der Waals surface area (Å²) in [5, 5.41) is 3.58. The molecule has 17 heavy (non-hydrogen) atoms. The lowest BCUT2D eigenvalue weighted by molar-refractivity contribution is 0.481. The minimum absolute atomic E-state index is 0.509. The fraction of sp³-hybridized carbons (Fsp3) is 0.600. The lowest BCUT2D eigenvalue weighted by Crippen LogP contribution is -2.20. The molecule has 0 aliphatic rings. The molecule has 0 aliphatic carbocycles. The first-order valence-corrected chi connectivity index (χ1v) is 7.56. The first kappa shape index (κ1) is 14.7. The molecule has 2 heteroatoms. The molecule has 1 rings (SSSR count). The van der Waals surface area contributed by atoms with Gasteiger partial charge in [-0.3, -0.25) is 0 Å². The molecule has 0 aliphatic heterocycles. The van der Waals surface area contributed by atoms with Gasteiger partial charge in [0.2, 0.25) is 0 Å². The molecule has 96 valence electrons. The van der Waals surface area contributed by atoms with Crippen molar-refractivity contribution in [1.29, 1.82) is 0 Å². The summed E-state index contributed by atoms with van der Waals surface area (Å²) in [6, 6.07) is 9.17. The molecule has 0 saturated heterocycles. The van der Waals surface area contributed by atoms with E-state index in [0.29, 0.717) is 6.04 Å². The van der Waals surface area contributed by atoms with Gasteiger partial charge in [-0.05, 0) is 30.7 Å². The van der Waals surface area contributed by atoms with E-state index in [4.69, 9.17) is 0 Å². The number of hydrogen-bond donors (Lipinski definition) is 1. The van der Waals surface area contributed by atoms with Gasteiger partial charge >= 0.3 is 0 Å². The van der Waals surface area contributed by atoms with Crippen LogP contribution in [-0.4, -0.2) is 6.54 Å². The molecule has 1 atom stereocenters. The van der Waals surface area contributed by atoms with E-state index in [1.54, 1.807) is 0 Å². The molecule has 0 aromatic heterocycles. The molecule has 1 aromatic rings. The number of benzene rings is 1. The number of rotatable bonds is 8. The Morgan fingerprint density at radius 3 is 2.65 bits per heavy atom. The van der Waals surface area contributed by atoms with Crippen molar-refractivity contribution in [2.24, 2.45) is 0 Å².